The lowest BCUT2D eigenvalue weighted by molar-refractivity contribution is -0.128. The molecule has 0 aromatic rings. The molecule has 6 heteroatoms. The summed E-state index contributed by atoms with van der Waals surface area (Å²) in [6.07, 6.45) is 2.48. The van der Waals surface area contributed by atoms with Gasteiger partial charge in [-0.15, -0.1) is 0 Å². The number of amides is 2. The lowest BCUT2D eigenvalue weighted by Crippen LogP contribution is -2.41. The summed E-state index contributed by atoms with van der Waals surface area (Å²) in [4.78, 5) is 27.8. The molecule has 2 aliphatic heterocycles. The molecule has 2 rings (SSSR count). The fourth-order valence-electron chi connectivity index (χ4n) is 3.20. The average molecular weight is 297 g/mol. The van der Waals surface area contributed by atoms with Crippen molar-refractivity contribution in [2.45, 2.75) is 26.2 Å². The predicted molar refractivity (Wildman–Crippen MR) is 79.6 cm³/mol. The molecule has 2 fully saturated rings. The van der Waals surface area contributed by atoms with Crippen molar-refractivity contribution in [3.05, 3.63) is 0 Å². The maximum absolute atomic E-state index is 12.1. The van der Waals surface area contributed by atoms with Gasteiger partial charge in [-0.2, -0.15) is 0 Å². The van der Waals surface area contributed by atoms with Crippen LogP contribution in [0.15, 0.2) is 0 Å². The van der Waals surface area contributed by atoms with Crippen molar-refractivity contribution in [2.75, 3.05) is 45.9 Å². The third kappa shape index (κ3) is 4.41. The van der Waals surface area contributed by atoms with E-state index in [-0.39, 0.29) is 24.3 Å². The van der Waals surface area contributed by atoms with E-state index in [1.165, 1.54) is 0 Å². The number of hydrogen-bond donors (Lipinski definition) is 2. The van der Waals surface area contributed by atoms with Crippen molar-refractivity contribution in [2.24, 2.45) is 11.8 Å². The van der Waals surface area contributed by atoms with E-state index in [1.54, 1.807) is 4.90 Å². The van der Waals surface area contributed by atoms with E-state index < -0.39 is 0 Å². The first kappa shape index (κ1) is 16.2. The normalized spacial score (nSPS) is 24.6. The lowest BCUT2D eigenvalue weighted by atomic mass is 9.96. The molecule has 0 bridgehead atoms. The van der Waals surface area contributed by atoms with Gasteiger partial charge in [0.1, 0.15) is 0 Å². The largest absolute Gasteiger partial charge is 0.395 e. The van der Waals surface area contributed by atoms with Gasteiger partial charge < -0.3 is 20.2 Å². The zero-order valence-electron chi connectivity index (χ0n) is 12.9. The maximum atomic E-state index is 12.1. The number of nitrogens with one attached hydrogen (secondary N) is 1. The van der Waals surface area contributed by atoms with E-state index in [0.717, 1.165) is 32.5 Å². The molecular formula is C15H27N3O3. The first-order chi connectivity index (χ1) is 10.1. The second kappa shape index (κ2) is 7.75. The van der Waals surface area contributed by atoms with Crippen LogP contribution in [0.1, 0.15) is 26.2 Å². The van der Waals surface area contributed by atoms with Crippen LogP contribution in [0, 0.1) is 11.8 Å². The molecule has 0 saturated carbocycles. The molecule has 0 radical (unpaired) electrons. The Morgan fingerprint density at radius 3 is 2.67 bits per heavy atom. The minimum absolute atomic E-state index is 0.0251. The number of aliphatic hydroxyl groups excluding tert-OH is 1. The molecule has 2 saturated heterocycles. The highest BCUT2D eigenvalue weighted by Crippen LogP contribution is 2.19. The zero-order valence-corrected chi connectivity index (χ0v) is 12.9. The minimum atomic E-state index is -0.174. The summed E-state index contributed by atoms with van der Waals surface area (Å²) in [6.45, 7) is 6.85. The Hall–Kier alpha value is -1.14. The Labute approximate surface area is 126 Å². The van der Waals surface area contributed by atoms with Crippen LogP contribution < -0.4 is 5.32 Å². The molecule has 0 aromatic heterocycles. The second-order valence-corrected chi connectivity index (χ2v) is 6.09. The zero-order chi connectivity index (χ0) is 15.2. The summed E-state index contributed by atoms with van der Waals surface area (Å²) in [6, 6.07) is 0. The van der Waals surface area contributed by atoms with E-state index in [9.17, 15) is 9.59 Å². The van der Waals surface area contributed by atoms with Gasteiger partial charge >= 0.3 is 0 Å². The smallest absolute Gasteiger partial charge is 0.225 e. The van der Waals surface area contributed by atoms with Gasteiger partial charge in [0, 0.05) is 32.6 Å². The molecule has 1 unspecified atom stereocenters. The van der Waals surface area contributed by atoms with Crippen LogP contribution in [0.25, 0.3) is 0 Å². The third-order valence-electron chi connectivity index (χ3n) is 4.66. The van der Waals surface area contributed by atoms with Crippen LogP contribution >= 0.6 is 0 Å². The van der Waals surface area contributed by atoms with Gasteiger partial charge in [-0.05, 0) is 38.8 Å². The van der Waals surface area contributed by atoms with Crippen LogP contribution in [-0.4, -0.2) is 72.6 Å². The van der Waals surface area contributed by atoms with Crippen molar-refractivity contribution < 1.29 is 14.7 Å². The predicted octanol–water partition coefficient (Wildman–Crippen LogP) is -0.325. The summed E-state index contributed by atoms with van der Waals surface area (Å²) in [7, 11) is 0. The van der Waals surface area contributed by atoms with E-state index in [4.69, 9.17) is 5.11 Å². The van der Waals surface area contributed by atoms with E-state index in [1.807, 2.05) is 6.92 Å². The molecule has 2 aliphatic rings. The summed E-state index contributed by atoms with van der Waals surface area (Å²) >= 11 is 0. The molecule has 6 nitrogen and oxygen atoms in total. The van der Waals surface area contributed by atoms with Gasteiger partial charge in [0.15, 0.2) is 0 Å². The van der Waals surface area contributed by atoms with E-state index >= 15 is 0 Å². The average Bonchev–Trinajstić information content (AvgIpc) is 2.88. The highest BCUT2D eigenvalue weighted by atomic mass is 16.3. The van der Waals surface area contributed by atoms with Crippen LogP contribution in [0.5, 0.6) is 0 Å². The quantitative estimate of drug-likeness (QED) is 0.704. The minimum Gasteiger partial charge on any atom is -0.395 e. The topological polar surface area (TPSA) is 72.9 Å². The fraction of sp³-hybridized carbons (Fsp3) is 0.867. The van der Waals surface area contributed by atoms with Crippen molar-refractivity contribution in [3.8, 4) is 0 Å². The first-order valence-electron chi connectivity index (χ1n) is 8.02. The van der Waals surface area contributed by atoms with Gasteiger partial charge in [0.05, 0.1) is 12.5 Å². The Balaban J connectivity index is 1.67. The van der Waals surface area contributed by atoms with Crippen LogP contribution in [0.4, 0.5) is 0 Å². The number of nitrogens with zero attached hydrogens (tertiary/aromatic N) is 2. The molecule has 2 N–H and O–H groups in total. The number of hydrogen-bond acceptors (Lipinski definition) is 4. The maximum Gasteiger partial charge on any atom is 0.225 e. The number of aliphatic hydroxyl groups is 1. The van der Waals surface area contributed by atoms with Crippen LogP contribution in [0.3, 0.4) is 0 Å². The highest BCUT2D eigenvalue weighted by Gasteiger charge is 2.33. The number of β-amino-alcohol motifs (C(OH)–C–C–N with tert-alkyl or cyclic N) is 1. The van der Waals surface area contributed by atoms with Crippen LogP contribution in [0.2, 0.25) is 0 Å². The SMILES string of the molecule is CCN1CC(C(=O)NCC2CCN(CCO)CC2)CC1=O. The molecule has 1 atom stereocenters. The monoisotopic (exact) mass is 297 g/mol. The molecule has 0 aliphatic carbocycles. The Morgan fingerprint density at radius 1 is 1.38 bits per heavy atom. The number of likely N-dealkylation sites (tertiary alicyclic amines) is 2. The summed E-state index contributed by atoms with van der Waals surface area (Å²) < 4.78 is 0. The van der Waals surface area contributed by atoms with Gasteiger partial charge in [-0.3, -0.25) is 9.59 Å². The van der Waals surface area contributed by atoms with Crippen molar-refractivity contribution in [1.29, 1.82) is 0 Å². The summed E-state index contributed by atoms with van der Waals surface area (Å²) in [5, 5.41) is 11.9. The number of carbonyl (C=O) groups is 2. The van der Waals surface area contributed by atoms with Gasteiger partial charge in [0.25, 0.3) is 0 Å². The van der Waals surface area contributed by atoms with Crippen molar-refractivity contribution in [1.82, 2.24) is 15.1 Å². The molecular weight excluding hydrogens is 270 g/mol. The summed E-state index contributed by atoms with van der Waals surface area (Å²) in [5.41, 5.74) is 0. The van der Waals surface area contributed by atoms with E-state index in [2.05, 4.69) is 10.2 Å². The van der Waals surface area contributed by atoms with Gasteiger partial charge in [-0.25, -0.2) is 0 Å². The number of carbonyl (C=O) groups excluding carboxylic acids is 2. The molecule has 21 heavy (non-hydrogen) atoms. The standard InChI is InChI=1S/C15H27N3O3/c1-2-18-11-13(9-14(18)20)15(21)16-10-12-3-5-17(6-4-12)7-8-19/h12-13,19H,2-11H2,1H3,(H,16,21). The number of piperidine rings is 1. The van der Waals surface area contributed by atoms with Gasteiger partial charge in [0.2, 0.25) is 11.8 Å². The van der Waals surface area contributed by atoms with Crippen LogP contribution in [-0.2, 0) is 9.59 Å². The highest BCUT2D eigenvalue weighted by molar-refractivity contribution is 5.89. The fourth-order valence-corrected chi connectivity index (χ4v) is 3.20. The lowest BCUT2D eigenvalue weighted by Gasteiger charge is -2.31. The third-order valence-corrected chi connectivity index (χ3v) is 4.66. The summed E-state index contributed by atoms with van der Waals surface area (Å²) in [5.74, 6) is 0.460. The van der Waals surface area contributed by atoms with Crippen molar-refractivity contribution >= 4 is 11.8 Å². The molecule has 0 spiro atoms. The Morgan fingerprint density at radius 2 is 2.10 bits per heavy atom. The Kier molecular flexibility index (Phi) is 5.99. The number of rotatable bonds is 6. The molecule has 2 heterocycles. The Bertz CT molecular complexity index is 367. The molecule has 2 amide bonds. The van der Waals surface area contributed by atoms with Crippen molar-refractivity contribution in [3.63, 3.8) is 0 Å². The second-order valence-electron chi connectivity index (χ2n) is 6.09. The first-order valence-corrected chi connectivity index (χ1v) is 8.02. The molecule has 0 aromatic carbocycles. The molecule has 120 valence electrons. The van der Waals surface area contributed by atoms with E-state index in [0.29, 0.717) is 32.0 Å². The van der Waals surface area contributed by atoms with Gasteiger partial charge in [-0.1, -0.05) is 0 Å².